The molecule has 1 unspecified atom stereocenters. The van der Waals surface area contributed by atoms with Crippen LogP contribution in [0.1, 0.15) is 27.3 Å². The van der Waals surface area contributed by atoms with Crippen LogP contribution in [-0.2, 0) is 4.79 Å². The van der Waals surface area contributed by atoms with E-state index in [-0.39, 0.29) is 24.0 Å². The fourth-order valence-corrected chi connectivity index (χ4v) is 3.46. The highest BCUT2D eigenvalue weighted by atomic mass is 35.5. The highest BCUT2D eigenvalue weighted by molar-refractivity contribution is 7.98. The zero-order chi connectivity index (χ0) is 22.2. The second kappa shape index (κ2) is 11.9. The maximum absolute atomic E-state index is 13.0. The number of hydrogen-bond donors (Lipinski definition) is 4. The van der Waals surface area contributed by atoms with Gasteiger partial charge in [0.15, 0.2) is 0 Å². The van der Waals surface area contributed by atoms with E-state index in [1.807, 2.05) is 36.6 Å². The minimum absolute atomic E-state index is 0. The third-order valence-corrected chi connectivity index (χ3v) is 5.20. The van der Waals surface area contributed by atoms with E-state index < -0.39 is 17.9 Å². The topological polar surface area (TPSA) is 124 Å². The average molecular weight is 475 g/mol. The first-order valence-corrected chi connectivity index (χ1v) is 10.9. The van der Waals surface area contributed by atoms with Gasteiger partial charge < -0.3 is 20.7 Å². The van der Waals surface area contributed by atoms with Gasteiger partial charge in [0, 0.05) is 17.4 Å². The summed E-state index contributed by atoms with van der Waals surface area (Å²) in [7, 11) is 0. The lowest BCUT2D eigenvalue weighted by molar-refractivity contribution is -0.139. The molecule has 168 valence electrons. The van der Waals surface area contributed by atoms with Crippen LogP contribution in [0.25, 0.3) is 11.1 Å². The molecule has 1 aromatic heterocycles. The van der Waals surface area contributed by atoms with Crippen LogP contribution in [-0.4, -0.2) is 50.9 Å². The van der Waals surface area contributed by atoms with Gasteiger partial charge >= 0.3 is 5.97 Å². The van der Waals surface area contributed by atoms with Crippen LogP contribution < -0.4 is 10.6 Å². The summed E-state index contributed by atoms with van der Waals surface area (Å²) in [5.41, 5.74) is 2.38. The van der Waals surface area contributed by atoms with E-state index in [9.17, 15) is 19.5 Å². The molecule has 1 heterocycles. The summed E-state index contributed by atoms with van der Waals surface area (Å²) in [5.74, 6) is -1.34. The number of thioether (sulfide) groups is 1. The number of imidazole rings is 1. The highest BCUT2D eigenvalue weighted by Crippen LogP contribution is 2.27. The Bertz CT molecular complexity index is 1060. The molecule has 2 amide bonds. The van der Waals surface area contributed by atoms with Crippen LogP contribution in [0, 0.1) is 0 Å². The summed E-state index contributed by atoms with van der Waals surface area (Å²) in [6.07, 6.45) is 5.09. The quantitative estimate of drug-likeness (QED) is 0.375. The van der Waals surface area contributed by atoms with E-state index >= 15 is 0 Å². The number of nitrogens with one attached hydrogen (secondary N) is 3. The van der Waals surface area contributed by atoms with Crippen molar-refractivity contribution in [3.05, 3.63) is 72.3 Å². The van der Waals surface area contributed by atoms with Crippen molar-refractivity contribution in [1.82, 2.24) is 15.3 Å². The lowest BCUT2D eigenvalue weighted by Crippen LogP contribution is -2.41. The smallest absolute Gasteiger partial charge is 0.326 e. The number of carboxylic acid groups (broad SMARTS) is 1. The fourth-order valence-electron chi connectivity index (χ4n) is 2.99. The number of aromatic nitrogens is 2. The summed E-state index contributed by atoms with van der Waals surface area (Å²) < 4.78 is 0. The van der Waals surface area contributed by atoms with Gasteiger partial charge in [0.25, 0.3) is 11.8 Å². The molecule has 4 N–H and O–H groups in total. The van der Waals surface area contributed by atoms with E-state index in [0.717, 1.165) is 5.56 Å². The van der Waals surface area contributed by atoms with Gasteiger partial charge in [-0.1, -0.05) is 30.3 Å². The number of hydrogen-bond acceptors (Lipinski definition) is 5. The Balaban J connectivity index is 0.00000363. The molecule has 2 aromatic carbocycles. The number of nitrogens with zero attached hydrogens (tertiary/aromatic N) is 1. The number of amides is 2. The fraction of sp³-hybridized carbons (Fsp3) is 0.182. The highest BCUT2D eigenvalue weighted by Gasteiger charge is 2.22. The van der Waals surface area contributed by atoms with Crippen molar-refractivity contribution in [2.24, 2.45) is 0 Å². The number of halogens is 1. The zero-order valence-electron chi connectivity index (χ0n) is 17.2. The number of carbonyl (C=O) groups excluding carboxylic acids is 2. The first kappa shape index (κ1) is 25.0. The number of anilines is 1. The predicted octanol–water partition coefficient (Wildman–Crippen LogP) is 3.69. The molecule has 3 rings (SSSR count). The number of benzene rings is 2. The first-order valence-electron chi connectivity index (χ1n) is 9.52. The molecule has 0 saturated heterocycles. The Kier molecular flexibility index (Phi) is 9.30. The maximum atomic E-state index is 13.0. The van der Waals surface area contributed by atoms with Gasteiger partial charge in [-0.25, -0.2) is 9.78 Å². The monoisotopic (exact) mass is 474 g/mol. The van der Waals surface area contributed by atoms with Gasteiger partial charge in [0.2, 0.25) is 0 Å². The van der Waals surface area contributed by atoms with Crippen molar-refractivity contribution in [2.75, 3.05) is 17.3 Å². The Morgan fingerprint density at radius 1 is 1.12 bits per heavy atom. The molecule has 8 nitrogen and oxygen atoms in total. The van der Waals surface area contributed by atoms with E-state index in [1.165, 1.54) is 24.3 Å². The van der Waals surface area contributed by atoms with Crippen molar-refractivity contribution < 1.29 is 19.5 Å². The summed E-state index contributed by atoms with van der Waals surface area (Å²) in [6.45, 7) is 0. The van der Waals surface area contributed by atoms with Crippen molar-refractivity contribution in [2.45, 2.75) is 12.5 Å². The minimum Gasteiger partial charge on any atom is -0.480 e. The molecule has 32 heavy (non-hydrogen) atoms. The van der Waals surface area contributed by atoms with E-state index in [2.05, 4.69) is 20.6 Å². The zero-order valence-corrected chi connectivity index (χ0v) is 18.8. The molecule has 0 saturated carbocycles. The molecule has 0 aliphatic carbocycles. The molecule has 0 aliphatic heterocycles. The Labute approximate surface area is 195 Å². The Hall–Kier alpha value is -3.30. The Morgan fingerprint density at radius 3 is 2.50 bits per heavy atom. The average Bonchev–Trinajstić information content (AvgIpc) is 3.32. The van der Waals surface area contributed by atoms with Gasteiger partial charge in [-0.15, -0.1) is 12.4 Å². The normalized spacial score (nSPS) is 11.2. The van der Waals surface area contributed by atoms with Crippen LogP contribution in [0.15, 0.2) is 61.1 Å². The molecule has 0 radical (unpaired) electrons. The molecular formula is C22H23ClN4O4S. The summed E-state index contributed by atoms with van der Waals surface area (Å²) in [6, 6.07) is 13.1. The van der Waals surface area contributed by atoms with Crippen molar-refractivity contribution in [3.8, 4) is 11.1 Å². The first-order chi connectivity index (χ1) is 15.0. The van der Waals surface area contributed by atoms with E-state index in [4.69, 9.17) is 0 Å². The van der Waals surface area contributed by atoms with Gasteiger partial charge in [-0.2, -0.15) is 11.8 Å². The van der Waals surface area contributed by atoms with Crippen molar-refractivity contribution in [1.29, 1.82) is 0 Å². The van der Waals surface area contributed by atoms with E-state index in [1.54, 1.807) is 18.2 Å². The molecule has 0 spiro atoms. The van der Waals surface area contributed by atoms with Crippen LogP contribution in [0.3, 0.4) is 0 Å². The lowest BCUT2D eigenvalue weighted by atomic mass is 9.98. The molecule has 3 aromatic rings. The molecule has 0 fully saturated rings. The molecule has 1 atom stereocenters. The SMILES string of the molecule is CSCCC(NC(=O)c1ccc(NC(=O)c2c[nH]cn2)cc1-c1ccccc1)C(=O)O.Cl. The molecule has 10 heteroatoms. The molecular weight excluding hydrogens is 452 g/mol. The number of rotatable bonds is 9. The van der Waals surface area contributed by atoms with Gasteiger partial charge in [-0.05, 0) is 47.8 Å². The van der Waals surface area contributed by atoms with Gasteiger partial charge in [0.05, 0.1) is 6.33 Å². The van der Waals surface area contributed by atoms with Crippen LogP contribution in [0.4, 0.5) is 5.69 Å². The van der Waals surface area contributed by atoms with Gasteiger partial charge in [-0.3, -0.25) is 9.59 Å². The third kappa shape index (κ3) is 6.35. The lowest BCUT2D eigenvalue weighted by Gasteiger charge is -2.17. The second-order valence-corrected chi connectivity index (χ2v) is 7.67. The number of aliphatic carboxylic acids is 1. The molecule has 0 aliphatic rings. The van der Waals surface area contributed by atoms with Crippen LogP contribution in [0.5, 0.6) is 0 Å². The van der Waals surface area contributed by atoms with Gasteiger partial charge in [0.1, 0.15) is 11.7 Å². The number of H-pyrrole nitrogens is 1. The van der Waals surface area contributed by atoms with Crippen LogP contribution >= 0.6 is 24.2 Å². The molecule has 0 bridgehead atoms. The maximum Gasteiger partial charge on any atom is 0.326 e. The third-order valence-electron chi connectivity index (χ3n) is 4.55. The predicted molar refractivity (Wildman–Crippen MR) is 128 cm³/mol. The summed E-state index contributed by atoms with van der Waals surface area (Å²) in [5, 5.41) is 14.8. The Morgan fingerprint density at radius 2 is 1.88 bits per heavy atom. The number of carboxylic acids is 1. The van der Waals surface area contributed by atoms with Crippen LogP contribution in [0.2, 0.25) is 0 Å². The van der Waals surface area contributed by atoms with Crippen molar-refractivity contribution in [3.63, 3.8) is 0 Å². The number of aromatic amines is 1. The standard InChI is InChI=1S/C22H22N4O4S.ClH/c1-31-10-9-18(22(29)30)26-20(27)16-8-7-15(25-21(28)19-12-23-13-24-19)11-17(16)14-5-3-2-4-6-14;/h2-8,11-13,18H,9-10H2,1H3,(H,23,24)(H,25,28)(H,26,27)(H,29,30);1H. The summed E-state index contributed by atoms with van der Waals surface area (Å²) in [4.78, 5) is 43.5. The minimum atomic E-state index is -1.08. The summed E-state index contributed by atoms with van der Waals surface area (Å²) >= 11 is 1.51. The number of carbonyl (C=O) groups is 3. The second-order valence-electron chi connectivity index (χ2n) is 6.68. The van der Waals surface area contributed by atoms with E-state index in [0.29, 0.717) is 29.0 Å². The van der Waals surface area contributed by atoms with Crippen molar-refractivity contribution >= 4 is 47.6 Å². The largest absolute Gasteiger partial charge is 0.480 e.